The van der Waals surface area contributed by atoms with Crippen LogP contribution >= 0.6 is 0 Å². The van der Waals surface area contributed by atoms with Gasteiger partial charge >= 0.3 is 0 Å². The van der Waals surface area contributed by atoms with Gasteiger partial charge in [-0.2, -0.15) is 0 Å². The van der Waals surface area contributed by atoms with Gasteiger partial charge in [-0.3, -0.25) is 0 Å². The van der Waals surface area contributed by atoms with E-state index in [1.807, 2.05) is 49.4 Å². The summed E-state index contributed by atoms with van der Waals surface area (Å²) >= 11 is 0. The first-order chi connectivity index (χ1) is 11.3. The second-order valence-electron chi connectivity index (χ2n) is 4.77. The highest BCUT2D eigenvalue weighted by molar-refractivity contribution is 5.43. The highest BCUT2D eigenvalue weighted by atomic mass is 16.5. The Morgan fingerprint density at radius 3 is 2.00 bits per heavy atom. The lowest BCUT2D eigenvalue weighted by Gasteiger charge is -2.14. The van der Waals surface area contributed by atoms with E-state index < -0.39 is 0 Å². The van der Waals surface area contributed by atoms with Crippen molar-refractivity contribution in [3.63, 3.8) is 0 Å². The lowest BCUT2D eigenvalue weighted by atomic mass is 10.2. The molecule has 0 amide bonds. The molecule has 0 unspecified atom stereocenters. The summed E-state index contributed by atoms with van der Waals surface area (Å²) in [5, 5.41) is 0. The third kappa shape index (κ3) is 4.79. The number of hydrogen-bond donors (Lipinski definition) is 1. The SMILES string of the molecule is CCOc1ccccc1OCCOc1ccc(CN)cc1OC. The van der Waals surface area contributed by atoms with Gasteiger partial charge in [-0.25, -0.2) is 0 Å². The molecule has 0 bridgehead atoms. The molecule has 0 aliphatic carbocycles. The molecule has 0 spiro atoms. The number of para-hydroxylation sites is 2. The van der Waals surface area contributed by atoms with Gasteiger partial charge in [0.1, 0.15) is 13.2 Å². The first kappa shape index (κ1) is 17.0. The molecular formula is C18H23NO4. The van der Waals surface area contributed by atoms with Crippen LogP contribution < -0.4 is 24.7 Å². The molecule has 5 heteroatoms. The monoisotopic (exact) mass is 317 g/mol. The van der Waals surface area contributed by atoms with Gasteiger partial charge in [0.25, 0.3) is 0 Å². The van der Waals surface area contributed by atoms with Gasteiger partial charge in [-0.05, 0) is 36.8 Å². The number of rotatable bonds is 9. The van der Waals surface area contributed by atoms with E-state index in [1.165, 1.54) is 0 Å². The molecule has 0 aromatic heterocycles. The summed E-state index contributed by atoms with van der Waals surface area (Å²) in [5.74, 6) is 2.79. The van der Waals surface area contributed by atoms with Crippen LogP contribution in [0.1, 0.15) is 12.5 Å². The van der Waals surface area contributed by atoms with Crippen LogP contribution in [-0.2, 0) is 6.54 Å². The van der Waals surface area contributed by atoms with Crippen molar-refractivity contribution in [2.24, 2.45) is 5.73 Å². The summed E-state index contributed by atoms with van der Waals surface area (Å²) in [6.45, 7) is 3.82. The van der Waals surface area contributed by atoms with Gasteiger partial charge in [0.15, 0.2) is 23.0 Å². The Balaban J connectivity index is 1.88. The first-order valence-electron chi connectivity index (χ1n) is 7.63. The number of hydrogen-bond acceptors (Lipinski definition) is 5. The van der Waals surface area contributed by atoms with E-state index in [-0.39, 0.29) is 0 Å². The smallest absolute Gasteiger partial charge is 0.161 e. The molecule has 2 aromatic carbocycles. The minimum Gasteiger partial charge on any atom is -0.493 e. The van der Waals surface area contributed by atoms with Crippen molar-refractivity contribution in [1.82, 2.24) is 0 Å². The first-order valence-corrected chi connectivity index (χ1v) is 7.63. The molecule has 0 aliphatic rings. The lowest BCUT2D eigenvalue weighted by Crippen LogP contribution is -2.10. The van der Waals surface area contributed by atoms with Crippen LogP contribution in [0.25, 0.3) is 0 Å². The lowest BCUT2D eigenvalue weighted by molar-refractivity contribution is 0.203. The summed E-state index contributed by atoms with van der Waals surface area (Å²) in [4.78, 5) is 0. The second-order valence-corrected chi connectivity index (χ2v) is 4.77. The number of ether oxygens (including phenoxy) is 4. The van der Waals surface area contributed by atoms with Gasteiger partial charge in [-0.1, -0.05) is 18.2 Å². The zero-order valence-corrected chi connectivity index (χ0v) is 13.6. The second kappa shape index (κ2) is 8.90. The molecule has 0 radical (unpaired) electrons. The minimum atomic E-state index is 0.402. The maximum absolute atomic E-state index is 5.72. The maximum atomic E-state index is 5.72. The van der Waals surface area contributed by atoms with Crippen LogP contribution in [0.2, 0.25) is 0 Å². The predicted molar refractivity (Wildman–Crippen MR) is 89.5 cm³/mol. The van der Waals surface area contributed by atoms with Crippen molar-refractivity contribution < 1.29 is 18.9 Å². The summed E-state index contributed by atoms with van der Waals surface area (Å²) in [6.07, 6.45) is 0. The molecule has 0 saturated carbocycles. The molecule has 0 atom stereocenters. The molecule has 124 valence electrons. The van der Waals surface area contributed by atoms with Gasteiger partial charge < -0.3 is 24.7 Å². The molecule has 0 saturated heterocycles. The molecule has 0 aliphatic heterocycles. The molecule has 5 nitrogen and oxygen atoms in total. The minimum absolute atomic E-state index is 0.402. The highest BCUT2D eigenvalue weighted by Gasteiger charge is 2.06. The van der Waals surface area contributed by atoms with Crippen molar-refractivity contribution >= 4 is 0 Å². The van der Waals surface area contributed by atoms with Crippen LogP contribution in [-0.4, -0.2) is 26.9 Å². The van der Waals surface area contributed by atoms with Crippen LogP contribution in [0.15, 0.2) is 42.5 Å². The van der Waals surface area contributed by atoms with E-state index in [9.17, 15) is 0 Å². The molecule has 23 heavy (non-hydrogen) atoms. The van der Waals surface area contributed by atoms with Crippen molar-refractivity contribution in [2.75, 3.05) is 26.9 Å². The van der Waals surface area contributed by atoms with E-state index in [2.05, 4.69) is 0 Å². The maximum Gasteiger partial charge on any atom is 0.161 e. The van der Waals surface area contributed by atoms with Crippen LogP contribution in [0.4, 0.5) is 0 Å². The molecular weight excluding hydrogens is 294 g/mol. The average Bonchev–Trinajstić information content (AvgIpc) is 2.60. The van der Waals surface area contributed by atoms with Crippen LogP contribution in [0, 0.1) is 0 Å². The standard InChI is InChI=1S/C18H23NO4/c1-3-21-15-6-4-5-7-16(15)22-10-11-23-17-9-8-14(13-19)12-18(17)20-2/h4-9,12H,3,10-11,13,19H2,1-2H3. The molecule has 2 rings (SSSR count). The van der Waals surface area contributed by atoms with E-state index in [0.29, 0.717) is 43.6 Å². The Labute approximate surface area is 136 Å². The number of benzene rings is 2. The quantitative estimate of drug-likeness (QED) is 0.720. The van der Waals surface area contributed by atoms with E-state index in [0.717, 1.165) is 11.3 Å². The zero-order valence-electron chi connectivity index (χ0n) is 13.6. The van der Waals surface area contributed by atoms with Crippen molar-refractivity contribution in [3.8, 4) is 23.0 Å². The van der Waals surface area contributed by atoms with Gasteiger partial charge in [0, 0.05) is 6.54 Å². The van der Waals surface area contributed by atoms with Crippen LogP contribution in [0.5, 0.6) is 23.0 Å². The fourth-order valence-corrected chi connectivity index (χ4v) is 2.11. The van der Waals surface area contributed by atoms with E-state index in [1.54, 1.807) is 7.11 Å². The third-order valence-corrected chi connectivity index (χ3v) is 3.21. The Bertz CT molecular complexity index is 616. The summed E-state index contributed by atoms with van der Waals surface area (Å²) in [6, 6.07) is 13.2. The topological polar surface area (TPSA) is 62.9 Å². The van der Waals surface area contributed by atoms with Gasteiger partial charge in [0.05, 0.1) is 13.7 Å². The zero-order chi connectivity index (χ0) is 16.5. The summed E-state index contributed by atoms with van der Waals surface area (Å²) < 4.78 is 22.3. The Hall–Kier alpha value is -2.40. The largest absolute Gasteiger partial charge is 0.493 e. The summed E-state index contributed by atoms with van der Waals surface area (Å²) in [7, 11) is 1.61. The van der Waals surface area contributed by atoms with E-state index in [4.69, 9.17) is 24.7 Å². The van der Waals surface area contributed by atoms with E-state index >= 15 is 0 Å². The van der Waals surface area contributed by atoms with Crippen molar-refractivity contribution in [3.05, 3.63) is 48.0 Å². The van der Waals surface area contributed by atoms with Gasteiger partial charge in [-0.15, -0.1) is 0 Å². The van der Waals surface area contributed by atoms with Crippen LogP contribution in [0.3, 0.4) is 0 Å². The Morgan fingerprint density at radius 1 is 0.826 bits per heavy atom. The number of methoxy groups -OCH3 is 1. The summed E-state index contributed by atoms with van der Waals surface area (Å²) in [5.41, 5.74) is 6.62. The molecule has 0 fully saturated rings. The fourth-order valence-electron chi connectivity index (χ4n) is 2.11. The number of nitrogens with two attached hydrogens (primary N) is 1. The Morgan fingerprint density at radius 2 is 1.43 bits per heavy atom. The van der Waals surface area contributed by atoms with Crippen molar-refractivity contribution in [1.29, 1.82) is 0 Å². The van der Waals surface area contributed by atoms with Gasteiger partial charge in [0.2, 0.25) is 0 Å². The van der Waals surface area contributed by atoms with Crippen molar-refractivity contribution in [2.45, 2.75) is 13.5 Å². The Kier molecular flexibility index (Phi) is 6.56. The normalized spacial score (nSPS) is 10.2. The fraction of sp³-hybridized carbons (Fsp3) is 0.333. The molecule has 2 aromatic rings. The molecule has 0 heterocycles. The molecule has 2 N–H and O–H groups in total. The predicted octanol–water partition coefficient (Wildman–Crippen LogP) is 3.01. The average molecular weight is 317 g/mol. The third-order valence-electron chi connectivity index (χ3n) is 3.21. The highest BCUT2D eigenvalue weighted by Crippen LogP contribution is 2.28.